The minimum atomic E-state index is -0.226. The van der Waals surface area contributed by atoms with Gasteiger partial charge in [-0.2, -0.15) is 5.10 Å². The number of hydrogen-bond donors (Lipinski definition) is 1. The fourth-order valence-electron chi connectivity index (χ4n) is 1.87. The van der Waals surface area contributed by atoms with Crippen molar-refractivity contribution in [2.75, 3.05) is 0 Å². The predicted molar refractivity (Wildman–Crippen MR) is 76.9 cm³/mol. The van der Waals surface area contributed by atoms with E-state index in [-0.39, 0.29) is 5.56 Å². The molecule has 4 nitrogen and oxygen atoms in total. The van der Waals surface area contributed by atoms with E-state index in [2.05, 4.69) is 17.1 Å². The quantitative estimate of drug-likeness (QED) is 0.672. The van der Waals surface area contributed by atoms with Crippen molar-refractivity contribution in [3.8, 4) is 11.3 Å². The summed E-state index contributed by atoms with van der Waals surface area (Å²) in [4.78, 5) is 22.6. The van der Waals surface area contributed by atoms with E-state index >= 15 is 0 Å². The summed E-state index contributed by atoms with van der Waals surface area (Å²) < 4.78 is 0. The number of hydrogen-bond acceptors (Lipinski definition) is 4. The molecule has 0 unspecified atom stereocenters. The number of thioether (sulfide) groups is 1. The Kier molecular flexibility index (Phi) is 4.52. The van der Waals surface area contributed by atoms with Crippen molar-refractivity contribution < 1.29 is 4.79 Å². The Morgan fingerprint density at radius 2 is 2.16 bits per heavy atom. The summed E-state index contributed by atoms with van der Waals surface area (Å²) in [5, 5.41) is 6.44. The van der Waals surface area contributed by atoms with Gasteiger partial charge in [0.25, 0.3) is 5.56 Å². The highest BCUT2D eigenvalue weighted by Crippen LogP contribution is 2.25. The summed E-state index contributed by atoms with van der Waals surface area (Å²) in [6.45, 7) is 2.11. The molecule has 0 fully saturated rings. The molecule has 0 saturated carbocycles. The summed E-state index contributed by atoms with van der Waals surface area (Å²) in [6.07, 6.45) is 1.98. The lowest BCUT2D eigenvalue weighted by atomic mass is 10.0. The van der Waals surface area contributed by atoms with Gasteiger partial charge >= 0.3 is 0 Å². The number of benzene rings is 1. The van der Waals surface area contributed by atoms with E-state index in [4.69, 9.17) is 0 Å². The number of aryl methyl sites for hydroxylation is 1. The molecule has 2 rings (SSSR count). The molecule has 98 valence electrons. The van der Waals surface area contributed by atoms with Gasteiger partial charge in [0, 0.05) is 16.5 Å². The van der Waals surface area contributed by atoms with Crippen LogP contribution in [0.3, 0.4) is 0 Å². The van der Waals surface area contributed by atoms with Crippen LogP contribution in [0.1, 0.15) is 18.9 Å². The third kappa shape index (κ3) is 3.54. The number of nitrogens with zero attached hydrogens (tertiary/aromatic N) is 1. The minimum absolute atomic E-state index is 0.226. The smallest absolute Gasteiger partial charge is 0.264 e. The molecule has 0 aliphatic heterocycles. The van der Waals surface area contributed by atoms with Crippen LogP contribution in [0.4, 0.5) is 0 Å². The standard InChI is InChI=1S/C14H14N2O2S/c1-2-3-10-6-11(8-12(7-10)19-9-17)13-4-5-14(18)16-15-13/h4-9H,2-3H2,1H3,(H,16,18). The van der Waals surface area contributed by atoms with Crippen molar-refractivity contribution >= 4 is 17.4 Å². The molecule has 0 spiro atoms. The zero-order chi connectivity index (χ0) is 13.7. The average molecular weight is 274 g/mol. The summed E-state index contributed by atoms with van der Waals surface area (Å²) >= 11 is 1.15. The molecule has 1 aromatic carbocycles. The van der Waals surface area contributed by atoms with Crippen molar-refractivity contribution in [1.82, 2.24) is 10.2 Å². The number of H-pyrrole nitrogens is 1. The average Bonchev–Trinajstić information content (AvgIpc) is 2.40. The summed E-state index contributed by atoms with van der Waals surface area (Å²) in [5.41, 5.74) is 3.36. The first-order valence-electron chi connectivity index (χ1n) is 6.03. The van der Waals surface area contributed by atoms with Crippen LogP contribution in [0.5, 0.6) is 0 Å². The van der Waals surface area contributed by atoms with Gasteiger partial charge in [-0.15, -0.1) is 0 Å². The van der Waals surface area contributed by atoms with E-state index in [9.17, 15) is 9.59 Å². The van der Waals surface area contributed by atoms with Gasteiger partial charge < -0.3 is 0 Å². The van der Waals surface area contributed by atoms with Crippen LogP contribution < -0.4 is 5.56 Å². The Labute approximate surface area is 115 Å². The molecule has 1 aromatic heterocycles. The van der Waals surface area contributed by atoms with Gasteiger partial charge in [0.05, 0.1) is 5.69 Å². The van der Waals surface area contributed by atoms with Crippen LogP contribution in [-0.2, 0) is 11.2 Å². The first-order chi connectivity index (χ1) is 9.22. The molecule has 0 amide bonds. The highest BCUT2D eigenvalue weighted by Gasteiger charge is 2.05. The maximum Gasteiger partial charge on any atom is 0.264 e. The molecule has 5 heteroatoms. The van der Waals surface area contributed by atoms with E-state index in [0.717, 1.165) is 46.2 Å². The fourth-order valence-corrected chi connectivity index (χ4v) is 2.40. The van der Waals surface area contributed by atoms with Gasteiger partial charge in [-0.25, -0.2) is 5.10 Å². The number of carbonyl (C=O) groups excluding carboxylic acids is 1. The number of aromatic nitrogens is 2. The van der Waals surface area contributed by atoms with Gasteiger partial charge in [-0.05, 0) is 36.2 Å². The Bertz CT molecular complexity index is 617. The normalized spacial score (nSPS) is 10.4. The summed E-state index contributed by atoms with van der Waals surface area (Å²) in [5.74, 6) is 0. The largest absolute Gasteiger partial charge is 0.291 e. The lowest BCUT2D eigenvalue weighted by Gasteiger charge is -2.07. The van der Waals surface area contributed by atoms with Crippen LogP contribution >= 0.6 is 11.8 Å². The minimum Gasteiger partial charge on any atom is -0.291 e. The van der Waals surface area contributed by atoms with E-state index in [1.165, 1.54) is 6.07 Å². The molecule has 0 saturated heterocycles. The fraction of sp³-hybridized carbons (Fsp3) is 0.214. The molecular formula is C14H14N2O2S. The predicted octanol–water partition coefficient (Wildman–Crippen LogP) is 2.67. The summed E-state index contributed by atoms with van der Waals surface area (Å²) in [7, 11) is 0. The van der Waals surface area contributed by atoms with Crippen LogP contribution in [0, 0.1) is 0 Å². The third-order valence-electron chi connectivity index (χ3n) is 2.66. The molecule has 0 aliphatic carbocycles. The maximum atomic E-state index is 11.0. The SMILES string of the molecule is CCCc1cc(SC=O)cc(-c2ccc(=O)[nH]n2)c1. The van der Waals surface area contributed by atoms with Crippen molar-refractivity contribution in [3.63, 3.8) is 0 Å². The Morgan fingerprint density at radius 3 is 2.79 bits per heavy atom. The molecular weight excluding hydrogens is 260 g/mol. The Hall–Kier alpha value is -1.88. The number of aromatic amines is 1. The molecule has 0 bridgehead atoms. The zero-order valence-corrected chi connectivity index (χ0v) is 11.4. The van der Waals surface area contributed by atoms with E-state index < -0.39 is 0 Å². The highest BCUT2D eigenvalue weighted by molar-refractivity contribution is 8.11. The molecule has 1 heterocycles. The number of rotatable bonds is 5. The molecule has 1 N–H and O–H groups in total. The topological polar surface area (TPSA) is 62.8 Å². The first-order valence-corrected chi connectivity index (χ1v) is 6.91. The Morgan fingerprint density at radius 1 is 1.32 bits per heavy atom. The summed E-state index contributed by atoms with van der Waals surface area (Å²) in [6, 6.07) is 9.08. The maximum absolute atomic E-state index is 11.0. The lowest BCUT2D eigenvalue weighted by Crippen LogP contribution is -2.05. The van der Waals surface area contributed by atoms with Gasteiger partial charge in [-0.3, -0.25) is 9.59 Å². The third-order valence-corrected chi connectivity index (χ3v) is 3.27. The van der Waals surface area contributed by atoms with E-state index in [1.54, 1.807) is 6.07 Å². The van der Waals surface area contributed by atoms with Crippen molar-refractivity contribution in [2.24, 2.45) is 0 Å². The molecule has 0 atom stereocenters. The van der Waals surface area contributed by atoms with Crippen molar-refractivity contribution in [1.29, 1.82) is 0 Å². The Balaban J connectivity index is 2.45. The lowest BCUT2D eigenvalue weighted by molar-refractivity contribution is 0.570. The van der Waals surface area contributed by atoms with Gasteiger partial charge in [0.2, 0.25) is 0 Å². The highest BCUT2D eigenvalue weighted by atomic mass is 32.2. The monoisotopic (exact) mass is 274 g/mol. The molecule has 19 heavy (non-hydrogen) atoms. The second kappa shape index (κ2) is 6.33. The van der Waals surface area contributed by atoms with Crippen molar-refractivity contribution in [2.45, 2.75) is 24.7 Å². The van der Waals surface area contributed by atoms with Gasteiger partial charge in [-0.1, -0.05) is 25.1 Å². The van der Waals surface area contributed by atoms with E-state index in [0.29, 0.717) is 5.69 Å². The molecule has 2 aromatic rings. The first kappa shape index (κ1) is 13.5. The van der Waals surface area contributed by atoms with Gasteiger partial charge in [0.15, 0.2) is 5.62 Å². The van der Waals surface area contributed by atoms with E-state index in [1.807, 2.05) is 18.2 Å². The van der Waals surface area contributed by atoms with Crippen molar-refractivity contribution in [3.05, 3.63) is 46.2 Å². The van der Waals surface area contributed by atoms with Crippen LogP contribution in [0.15, 0.2) is 40.0 Å². The number of carbonyl (C=O) groups is 1. The molecule has 0 radical (unpaired) electrons. The second-order valence-corrected chi connectivity index (χ2v) is 5.04. The van der Waals surface area contributed by atoms with Gasteiger partial charge in [0.1, 0.15) is 0 Å². The van der Waals surface area contributed by atoms with Crippen LogP contribution in [-0.4, -0.2) is 15.8 Å². The van der Waals surface area contributed by atoms with Crippen LogP contribution in [0.25, 0.3) is 11.3 Å². The van der Waals surface area contributed by atoms with Crippen LogP contribution in [0.2, 0.25) is 0 Å². The number of nitrogens with one attached hydrogen (secondary N) is 1. The zero-order valence-electron chi connectivity index (χ0n) is 10.6. The second-order valence-electron chi connectivity index (χ2n) is 4.14. The molecule has 0 aliphatic rings.